The minimum absolute atomic E-state index is 1.08. The third-order valence-corrected chi connectivity index (χ3v) is 3.72. The number of rotatable bonds is 2. The lowest BCUT2D eigenvalue weighted by Gasteiger charge is -2.07. The average Bonchev–Trinajstić information content (AvgIpc) is 2.99. The van der Waals surface area contributed by atoms with Crippen molar-refractivity contribution in [1.29, 1.82) is 0 Å². The van der Waals surface area contributed by atoms with Crippen LogP contribution in [0.25, 0.3) is 27.7 Å². The highest BCUT2D eigenvalue weighted by Crippen LogP contribution is 2.26. The first kappa shape index (κ1) is 11.9. The normalized spacial score (nSPS) is 10.9. The zero-order valence-electron chi connectivity index (χ0n) is 11.5. The summed E-state index contributed by atoms with van der Waals surface area (Å²) in [6.07, 6.45) is 5.77. The van der Waals surface area contributed by atoms with E-state index in [4.69, 9.17) is 0 Å². The van der Waals surface area contributed by atoms with Crippen LogP contribution in [0, 0.1) is 0 Å². The molecule has 4 rings (SSSR count). The van der Waals surface area contributed by atoms with Gasteiger partial charge in [0.1, 0.15) is 0 Å². The molecule has 0 fully saturated rings. The molecule has 0 aliphatic rings. The molecule has 2 aromatic heterocycles. The molecule has 0 amide bonds. The van der Waals surface area contributed by atoms with Gasteiger partial charge < -0.3 is 4.57 Å². The van der Waals surface area contributed by atoms with Crippen molar-refractivity contribution in [2.45, 2.75) is 0 Å². The molecule has 0 saturated heterocycles. The highest BCUT2D eigenvalue weighted by molar-refractivity contribution is 5.86. The van der Waals surface area contributed by atoms with Crippen molar-refractivity contribution in [3.05, 3.63) is 85.3 Å². The van der Waals surface area contributed by atoms with E-state index in [1.54, 1.807) is 6.20 Å². The van der Waals surface area contributed by atoms with Crippen molar-refractivity contribution in [2.24, 2.45) is 0 Å². The van der Waals surface area contributed by atoms with Gasteiger partial charge in [0.05, 0.1) is 17.4 Å². The van der Waals surface area contributed by atoms with Gasteiger partial charge >= 0.3 is 0 Å². The molecule has 2 heterocycles. The highest BCUT2D eigenvalue weighted by Gasteiger charge is 2.05. The first-order chi connectivity index (χ1) is 10.4. The van der Waals surface area contributed by atoms with E-state index in [-0.39, 0.29) is 0 Å². The van der Waals surface area contributed by atoms with Gasteiger partial charge in [0.2, 0.25) is 0 Å². The molecule has 21 heavy (non-hydrogen) atoms. The Morgan fingerprint density at radius 1 is 0.762 bits per heavy atom. The minimum Gasteiger partial charge on any atom is -0.315 e. The van der Waals surface area contributed by atoms with Gasteiger partial charge in [0, 0.05) is 12.4 Å². The summed E-state index contributed by atoms with van der Waals surface area (Å²) < 4.78 is 2.18. The lowest BCUT2D eigenvalue weighted by molar-refractivity contribution is 1.10. The lowest BCUT2D eigenvalue weighted by Crippen LogP contribution is -1.92. The highest BCUT2D eigenvalue weighted by atomic mass is 15.0. The van der Waals surface area contributed by atoms with E-state index in [1.165, 1.54) is 22.0 Å². The van der Waals surface area contributed by atoms with Crippen LogP contribution in [0.3, 0.4) is 0 Å². The molecule has 0 unspecified atom stereocenters. The zero-order valence-corrected chi connectivity index (χ0v) is 11.5. The SMILES string of the molecule is c1ccc(-c2ccc3ccn(-c4cccnc4)c3c2)cc1. The lowest BCUT2D eigenvalue weighted by atomic mass is 10.0. The number of fused-ring (bicyclic) bond motifs is 1. The molecular weight excluding hydrogens is 256 g/mol. The van der Waals surface area contributed by atoms with Gasteiger partial charge in [-0.25, -0.2) is 0 Å². The molecule has 0 N–H and O–H groups in total. The second-order valence-corrected chi connectivity index (χ2v) is 5.04. The third kappa shape index (κ3) is 2.11. The van der Waals surface area contributed by atoms with Gasteiger partial charge in [0.15, 0.2) is 0 Å². The maximum Gasteiger partial charge on any atom is 0.0639 e. The molecule has 2 nitrogen and oxygen atoms in total. The number of hydrogen-bond acceptors (Lipinski definition) is 1. The van der Waals surface area contributed by atoms with Crippen LogP contribution in [0.15, 0.2) is 85.3 Å². The number of aromatic nitrogens is 2. The van der Waals surface area contributed by atoms with Crippen LogP contribution in [-0.2, 0) is 0 Å². The molecule has 2 aromatic carbocycles. The first-order valence-corrected chi connectivity index (χ1v) is 6.99. The van der Waals surface area contributed by atoms with Crippen molar-refractivity contribution in [2.75, 3.05) is 0 Å². The Labute approximate surface area is 123 Å². The van der Waals surface area contributed by atoms with E-state index in [0.29, 0.717) is 0 Å². The maximum absolute atomic E-state index is 4.21. The first-order valence-electron chi connectivity index (χ1n) is 6.99. The number of nitrogens with zero attached hydrogens (tertiary/aromatic N) is 2. The van der Waals surface area contributed by atoms with E-state index < -0.39 is 0 Å². The summed E-state index contributed by atoms with van der Waals surface area (Å²) in [6.45, 7) is 0. The Kier molecular flexibility index (Phi) is 2.79. The molecule has 0 atom stereocenters. The van der Waals surface area contributed by atoms with Crippen LogP contribution in [0.1, 0.15) is 0 Å². The van der Waals surface area contributed by atoms with Crippen LogP contribution < -0.4 is 0 Å². The summed E-state index contributed by atoms with van der Waals surface area (Å²) in [5, 5.41) is 1.23. The summed E-state index contributed by atoms with van der Waals surface area (Å²) in [5.74, 6) is 0. The summed E-state index contributed by atoms with van der Waals surface area (Å²) in [6, 6.07) is 23.2. The van der Waals surface area contributed by atoms with E-state index >= 15 is 0 Å². The van der Waals surface area contributed by atoms with Crippen LogP contribution in [0.2, 0.25) is 0 Å². The summed E-state index contributed by atoms with van der Waals surface area (Å²) in [5.41, 5.74) is 4.74. The second kappa shape index (κ2) is 4.91. The monoisotopic (exact) mass is 270 g/mol. The molecule has 2 heteroatoms. The largest absolute Gasteiger partial charge is 0.315 e. The minimum atomic E-state index is 1.08. The van der Waals surface area contributed by atoms with Crippen molar-refractivity contribution in [3.63, 3.8) is 0 Å². The Balaban J connectivity index is 1.91. The van der Waals surface area contributed by atoms with Gasteiger partial charge in [-0.2, -0.15) is 0 Å². The fourth-order valence-electron chi connectivity index (χ4n) is 2.66. The standard InChI is InChI=1S/C19H14N2/c1-2-5-15(6-3-1)17-9-8-16-10-12-21(19(16)13-17)18-7-4-11-20-14-18/h1-14H. The Morgan fingerprint density at radius 3 is 2.48 bits per heavy atom. The zero-order chi connectivity index (χ0) is 14.1. The fourth-order valence-corrected chi connectivity index (χ4v) is 2.66. The molecule has 0 saturated carbocycles. The Bertz CT molecular complexity index is 877. The van der Waals surface area contributed by atoms with Crippen LogP contribution in [-0.4, -0.2) is 9.55 Å². The van der Waals surface area contributed by atoms with E-state index in [2.05, 4.69) is 70.3 Å². The fraction of sp³-hybridized carbons (Fsp3) is 0. The van der Waals surface area contributed by atoms with E-state index in [9.17, 15) is 0 Å². The van der Waals surface area contributed by atoms with Crippen molar-refractivity contribution in [3.8, 4) is 16.8 Å². The van der Waals surface area contributed by atoms with Gasteiger partial charge in [0.25, 0.3) is 0 Å². The summed E-state index contributed by atoms with van der Waals surface area (Å²) in [7, 11) is 0. The molecule has 0 aliphatic heterocycles. The van der Waals surface area contributed by atoms with E-state index in [1.807, 2.05) is 18.3 Å². The summed E-state index contributed by atoms with van der Waals surface area (Å²) in [4.78, 5) is 4.21. The van der Waals surface area contributed by atoms with E-state index in [0.717, 1.165) is 5.69 Å². The topological polar surface area (TPSA) is 17.8 Å². The Hall–Kier alpha value is -2.87. The molecule has 0 bridgehead atoms. The van der Waals surface area contributed by atoms with Crippen LogP contribution in [0.5, 0.6) is 0 Å². The number of benzene rings is 2. The van der Waals surface area contributed by atoms with Gasteiger partial charge in [-0.05, 0) is 40.8 Å². The quantitative estimate of drug-likeness (QED) is 0.516. The molecule has 4 aromatic rings. The molecule has 0 aliphatic carbocycles. The Morgan fingerprint density at radius 2 is 1.67 bits per heavy atom. The number of hydrogen-bond donors (Lipinski definition) is 0. The predicted octanol–water partition coefficient (Wildman–Crippen LogP) is 4.69. The predicted molar refractivity (Wildman–Crippen MR) is 86.5 cm³/mol. The molecule has 0 spiro atoms. The molecular formula is C19H14N2. The van der Waals surface area contributed by atoms with Crippen molar-refractivity contribution >= 4 is 10.9 Å². The average molecular weight is 270 g/mol. The van der Waals surface area contributed by atoms with Gasteiger partial charge in [-0.1, -0.05) is 42.5 Å². The van der Waals surface area contributed by atoms with Crippen molar-refractivity contribution < 1.29 is 0 Å². The van der Waals surface area contributed by atoms with Gasteiger partial charge in [-0.15, -0.1) is 0 Å². The smallest absolute Gasteiger partial charge is 0.0639 e. The van der Waals surface area contributed by atoms with Crippen LogP contribution >= 0.6 is 0 Å². The van der Waals surface area contributed by atoms with Crippen molar-refractivity contribution in [1.82, 2.24) is 9.55 Å². The summed E-state index contributed by atoms with van der Waals surface area (Å²) >= 11 is 0. The number of pyridine rings is 1. The van der Waals surface area contributed by atoms with Gasteiger partial charge in [-0.3, -0.25) is 4.98 Å². The van der Waals surface area contributed by atoms with Crippen LogP contribution in [0.4, 0.5) is 0 Å². The third-order valence-electron chi connectivity index (χ3n) is 3.72. The second-order valence-electron chi connectivity index (χ2n) is 5.04. The molecule has 100 valence electrons. The molecule has 0 radical (unpaired) electrons. The maximum atomic E-state index is 4.21.